The van der Waals surface area contributed by atoms with Gasteiger partial charge in [0.05, 0.1) is 28.4 Å². The number of nitrogens with zero attached hydrogens (tertiary/aromatic N) is 5. The van der Waals surface area contributed by atoms with Crippen LogP contribution in [0, 0.1) is 5.82 Å². The number of rotatable bonds is 5. The van der Waals surface area contributed by atoms with E-state index in [0.717, 1.165) is 6.07 Å². The Balaban J connectivity index is 1.55. The van der Waals surface area contributed by atoms with Crippen LogP contribution in [0.3, 0.4) is 0 Å². The Morgan fingerprint density at radius 2 is 2.07 bits per heavy atom. The van der Waals surface area contributed by atoms with E-state index >= 15 is 4.39 Å². The van der Waals surface area contributed by atoms with Gasteiger partial charge >= 0.3 is 5.69 Å². The maximum Gasteiger partial charge on any atom is 0.354 e. The average molecular weight is 602 g/mol. The number of ether oxygens (including phenoxy) is 1. The predicted octanol–water partition coefficient (Wildman–Crippen LogP) is 4.32. The van der Waals surface area contributed by atoms with E-state index in [0.29, 0.717) is 25.0 Å². The molecule has 0 aliphatic carbocycles. The molecule has 0 unspecified atom stereocenters. The van der Waals surface area contributed by atoms with Crippen LogP contribution in [0.4, 0.5) is 19.0 Å². The summed E-state index contributed by atoms with van der Waals surface area (Å²) >= 11 is 6.75. The Bertz CT molecular complexity index is 1710. The third-order valence-corrected chi connectivity index (χ3v) is 8.22. The number of amides is 1. The fourth-order valence-electron chi connectivity index (χ4n) is 5.96. The zero-order chi connectivity index (χ0) is 29.9. The highest BCUT2D eigenvalue weighted by atomic mass is 35.5. The molecule has 3 aromatic rings. The van der Waals surface area contributed by atoms with Gasteiger partial charge in [0.15, 0.2) is 5.75 Å². The van der Waals surface area contributed by atoms with Crippen molar-refractivity contribution >= 4 is 39.9 Å². The molecule has 3 aliphatic rings. The van der Waals surface area contributed by atoms with Crippen LogP contribution in [0.25, 0.3) is 27.7 Å². The Labute approximate surface area is 243 Å². The molecule has 2 aromatic carbocycles. The molecule has 13 heteroatoms. The number of alkyl halides is 2. The van der Waals surface area contributed by atoms with Crippen molar-refractivity contribution in [2.24, 2.45) is 0 Å². The fourth-order valence-corrected chi connectivity index (χ4v) is 6.25. The lowest BCUT2D eigenvalue weighted by Gasteiger charge is -2.40. The summed E-state index contributed by atoms with van der Waals surface area (Å²) in [5, 5.41) is 11.0. The van der Waals surface area contributed by atoms with Gasteiger partial charge in [0.2, 0.25) is 5.91 Å². The number of hydrogen-bond donors (Lipinski definition) is 1. The number of benzene rings is 2. The van der Waals surface area contributed by atoms with Crippen molar-refractivity contribution in [2.45, 2.75) is 25.3 Å². The Hall–Kier alpha value is -4.03. The van der Waals surface area contributed by atoms with E-state index in [-0.39, 0.29) is 76.1 Å². The number of likely N-dealkylation sites (tertiary alicyclic amines) is 1. The molecule has 0 radical (unpaired) electrons. The zero-order valence-corrected chi connectivity index (χ0v) is 23.4. The summed E-state index contributed by atoms with van der Waals surface area (Å²) < 4.78 is 50.3. The maximum atomic E-state index is 15.1. The van der Waals surface area contributed by atoms with Gasteiger partial charge in [0.25, 0.3) is 5.92 Å². The largest absolute Gasteiger partial charge is 0.507 e. The third-order valence-electron chi connectivity index (χ3n) is 7.93. The van der Waals surface area contributed by atoms with E-state index in [1.54, 1.807) is 4.90 Å². The lowest BCUT2D eigenvalue weighted by atomic mass is 9.99. The number of phenolic OH excluding ortho intramolecular Hbond substituents is 1. The first-order valence-corrected chi connectivity index (χ1v) is 13.8. The number of piperazine rings is 1. The fraction of sp³-hybridized carbons (Fsp3) is 0.345. The van der Waals surface area contributed by atoms with Crippen LogP contribution in [0.1, 0.15) is 13.3 Å². The van der Waals surface area contributed by atoms with Crippen LogP contribution < -0.4 is 15.3 Å². The number of anilines is 1. The molecule has 220 valence electrons. The van der Waals surface area contributed by atoms with Gasteiger partial charge in [0.1, 0.15) is 29.2 Å². The molecule has 3 aliphatic heterocycles. The minimum Gasteiger partial charge on any atom is -0.507 e. The van der Waals surface area contributed by atoms with Gasteiger partial charge in [-0.2, -0.15) is 4.98 Å². The molecule has 0 bridgehead atoms. The van der Waals surface area contributed by atoms with Crippen LogP contribution in [-0.4, -0.2) is 81.6 Å². The smallest absolute Gasteiger partial charge is 0.354 e. The molecule has 4 heterocycles. The number of phenols is 1. The topological polar surface area (TPSA) is 91.1 Å². The van der Waals surface area contributed by atoms with Crippen LogP contribution in [0.2, 0.25) is 5.02 Å². The summed E-state index contributed by atoms with van der Waals surface area (Å²) in [6.45, 7) is 6.12. The summed E-state index contributed by atoms with van der Waals surface area (Å²) in [6, 6.07) is 5.09. The van der Waals surface area contributed by atoms with E-state index < -0.39 is 24.0 Å². The predicted molar refractivity (Wildman–Crippen MR) is 153 cm³/mol. The lowest BCUT2D eigenvalue weighted by molar-refractivity contribution is -0.126. The van der Waals surface area contributed by atoms with Gasteiger partial charge in [-0.1, -0.05) is 24.2 Å². The highest BCUT2D eigenvalue weighted by Crippen LogP contribution is 2.49. The quantitative estimate of drug-likeness (QED) is 0.436. The maximum absolute atomic E-state index is 15.1. The number of aromatic nitrogens is 2. The summed E-state index contributed by atoms with van der Waals surface area (Å²) in [4.78, 5) is 35.4. The van der Waals surface area contributed by atoms with E-state index in [1.165, 1.54) is 40.0 Å². The minimum absolute atomic E-state index is 0.0160. The third kappa shape index (κ3) is 4.68. The Kier molecular flexibility index (Phi) is 6.93. The number of halogens is 4. The molecule has 2 fully saturated rings. The van der Waals surface area contributed by atoms with Crippen molar-refractivity contribution in [1.29, 1.82) is 0 Å². The second-order valence-corrected chi connectivity index (χ2v) is 11.1. The number of carbonyl (C=O) groups is 1. The summed E-state index contributed by atoms with van der Waals surface area (Å²) in [7, 11) is 0. The molecule has 1 N–H and O–H groups in total. The lowest BCUT2D eigenvalue weighted by Crippen LogP contribution is -2.54. The van der Waals surface area contributed by atoms with Crippen molar-refractivity contribution < 1.29 is 27.8 Å². The van der Waals surface area contributed by atoms with Crippen molar-refractivity contribution in [3.05, 3.63) is 64.5 Å². The van der Waals surface area contributed by atoms with Gasteiger partial charge in [-0.25, -0.2) is 18.0 Å². The monoisotopic (exact) mass is 601 g/mol. The van der Waals surface area contributed by atoms with E-state index in [9.17, 15) is 23.5 Å². The van der Waals surface area contributed by atoms with Gasteiger partial charge in [-0.15, -0.1) is 0 Å². The molecule has 0 saturated carbocycles. The van der Waals surface area contributed by atoms with Crippen LogP contribution >= 0.6 is 11.6 Å². The van der Waals surface area contributed by atoms with Gasteiger partial charge < -0.3 is 19.6 Å². The standard InChI is InChI=1S/C29H27ClF3N5O4/c1-3-22(40)36-9-10-37(16(2)12-36)27-18-11-19(30)23(24-20(31)5-4-6-21(24)39)26-25(18)38(28(41)34-27)17(14-42-26)13-35-8-7-29(32,33)15-35/h3-6,11,14,16,39H,1,7-10,12-13,15H2,2H3/t16-/m0/s1. The van der Waals surface area contributed by atoms with E-state index in [4.69, 9.17) is 16.3 Å². The van der Waals surface area contributed by atoms with Crippen molar-refractivity contribution in [3.8, 4) is 22.6 Å². The van der Waals surface area contributed by atoms with Gasteiger partial charge in [0, 0.05) is 50.6 Å². The SMILES string of the molecule is C=CC(=O)N1CCN(c2nc(=O)n3c4c(c(-c5c(O)cccc5F)c(Cl)cc24)OC=C3CN2CCC(F)(F)C2)[C@@H](C)C1. The van der Waals surface area contributed by atoms with E-state index in [2.05, 4.69) is 11.6 Å². The second kappa shape index (κ2) is 10.4. The van der Waals surface area contributed by atoms with Gasteiger partial charge in [-0.3, -0.25) is 14.3 Å². The number of hydrogen-bond acceptors (Lipinski definition) is 7. The molecule has 1 aromatic heterocycles. The molecular formula is C29H27ClF3N5O4. The molecule has 2 saturated heterocycles. The molecule has 6 rings (SSSR count). The molecule has 42 heavy (non-hydrogen) atoms. The van der Waals surface area contributed by atoms with Crippen molar-refractivity contribution in [3.63, 3.8) is 0 Å². The van der Waals surface area contributed by atoms with Crippen LogP contribution in [0.5, 0.6) is 11.5 Å². The first-order chi connectivity index (χ1) is 20.0. The van der Waals surface area contributed by atoms with Crippen molar-refractivity contribution in [2.75, 3.05) is 44.2 Å². The van der Waals surface area contributed by atoms with Gasteiger partial charge in [-0.05, 0) is 31.2 Å². The van der Waals surface area contributed by atoms with Crippen LogP contribution in [0.15, 0.2) is 48.0 Å². The minimum atomic E-state index is -2.84. The number of aromatic hydroxyl groups is 1. The Morgan fingerprint density at radius 3 is 2.74 bits per heavy atom. The summed E-state index contributed by atoms with van der Waals surface area (Å²) in [5.74, 6) is -3.89. The van der Waals surface area contributed by atoms with E-state index in [1.807, 2.05) is 11.8 Å². The van der Waals surface area contributed by atoms with Crippen LogP contribution in [-0.2, 0) is 4.79 Å². The molecule has 1 atom stereocenters. The highest BCUT2D eigenvalue weighted by Gasteiger charge is 2.39. The van der Waals surface area contributed by atoms with Crippen molar-refractivity contribution in [1.82, 2.24) is 19.4 Å². The highest BCUT2D eigenvalue weighted by molar-refractivity contribution is 6.35. The molecule has 9 nitrogen and oxygen atoms in total. The number of carbonyl (C=O) groups excluding carboxylic acids is 1. The second-order valence-electron chi connectivity index (χ2n) is 10.7. The average Bonchev–Trinajstić information content (AvgIpc) is 3.29. The Morgan fingerprint density at radius 1 is 1.29 bits per heavy atom. The normalized spacial score (nSPS) is 20.0. The zero-order valence-electron chi connectivity index (χ0n) is 22.6. The molecule has 0 spiro atoms. The first-order valence-electron chi connectivity index (χ1n) is 13.4. The molecular weight excluding hydrogens is 575 g/mol. The summed E-state index contributed by atoms with van der Waals surface area (Å²) in [5.41, 5.74) is -0.385. The summed E-state index contributed by atoms with van der Waals surface area (Å²) in [6.07, 6.45) is 2.20. The first kappa shape index (κ1) is 28.1. The molecule has 1 amide bonds.